The summed E-state index contributed by atoms with van der Waals surface area (Å²) in [5.41, 5.74) is 4.92. The normalized spacial score (nSPS) is 14.2. The highest BCUT2D eigenvalue weighted by atomic mass is 28.4. The summed E-state index contributed by atoms with van der Waals surface area (Å²) >= 11 is 0. The van der Waals surface area contributed by atoms with Gasteiger partial charge in [0.1, 0.15) is 8.07 Å². The first-order valence-electron chi connectivity index (χ1n) is 9.78. The van der Waals surface area contributed by atoms with E-state index in [4.69, 9.17) is 4.43 Å². The topological polar surface area (TPSA) is 9.23 Å². The molecule has 0 fully saturated rings. The van der Waals surface area contributed by atoms with Crippen LogP contribution in [0.25, 0.3) is 0 Å². The second-order valence-electron chi connectivity index (χ2n) is 9.65. The maximum absolute atomic E-state index is 6.44. The molecule has 144 valence electrons. The number of benzene rings is 1. The van der Waals surface area contributed by atoms with Gasteiger partial charge in [-0.3, -0.25) is 0 Å². The molecule has 0 aliphatic carbocycles. The average Bonchev–Trinajstić information content (AvgIpc) is 2.52. The SMILES string of the molecule is CC(C)(C)[Si](C)(C)OC[C@@H](C#C[Si](C)(C)C)/C=C/CCc1ccccc1. The number of aryl methyl sites for hydroxylation is 1. The van der Waals surface area contributed by atoms with Crippen LogP contribution in [0.4, 0.5) is 0 Å². The molecule has 0 amide bonds. The minimum Gasteiger partial charge on any atom is -0.415 e. The van der Waals surface area contributed by atoms with Gasteiger partial charge >= 0.3 is 0 Å². The molecular formula is C23H38OSi2. The molecule has 0 bridgehead atoms. The Balaban J connectivity index is 2.72. The zero-order valence-electron chi connectivity index (χ0n) is 18.1. The van der Waals surface area contributed by atoms with Crippen LogP contribution in [0.2, 0.25) is 37.8 Å². The van der Waals surface area contributed by atoms with Gasteiger partial charge in [-0.25, -0.2) is 0 Å². The zero-order chi connectivity index (χ0) is 19.8. The molecule has 0 radical (unpaired) electrons. The Hall–Kier alpha value is -1.09. The minimum atomic E-state index is -1.73. The third-order valence-corrected chi connectivity index (χ3v) is 10.3. The Labute approximate surface area is 164 Å². The first kappa shape index (κ1) is 23.0. The molecule has 0 unspecified atom stereocenters. The lowest BCUT2D eigenvalue weighted by Gasteiger charge is -2.36. The van der Waals surface area contributed by atoms with Crippen molar-refractivity contribution in [2.24, 2.45) is 5.92 Å². The molecule has 1 aromatic rings. The van der Waals surface area contributed by atoms with E-state index in [-0.39, 0.29) is 11.0 Å². The summed E-state index contributed by atoms with van der Waals surface area (Å²) in [5, 5.41) is 0.237. The highest BCUT2D eigenvalue weighted by molar-refractivity contribution is 6.83. The van der Waals surface area contributed by atoms with Crippen LogP contribution < -0.4 is 0 Å². The summed E-state index contributed by atoms with van der Waals surface area (Å²) in [4.78, 5) is 0. The molecule has 26 heavy (non-hydrogen) atoms. The van der Waals surface area contributed by atoms with E-state index >= 15 is 0 Å². The van der Waals surface area contributed by atoms with E-state index in [1.165, 1.54) is 5.56 Å². The lowest BCUT2D eigenvalue weighted by Crippen LogP contribution is -2.41. The largest absolute Gasteiger partial charge is 0.415 e. The van der Waals surface area contributed by atoms with Crippen molar-refractivity contribution in [2.45, 2.75) is 71.4 Å². The van der Waals surface area contributed by atoms with Gasteiger partial charge in [-0.2, -0.15) is 0 Å². The van der Waals surface area contributed by atoms with Crippen LogP contribution >= 0.6 is 0 Å². The predicted octanol–water partition coefficient (Wildman–Crippen LogP) is 6.69. The standard InChI is InChI=1S/C23H38OSi2/c1-23(2,3)26(7,8)24-20-22(18-19-25(4,5)6)17-13-12-16-21-14-10-9-11-15-21/h9-11,13-15,17,22H,12,16,20H2,1-8H3/b17-13+/t22-/m1/s1. The van der Waals surface area contributed by atoms with Crippen LogP contribution in [-0.2, 0) is 10.8 Å². The molecule has 0 aromatic heterocycles. The molecule has 0 saturated carbocycles. The fourth-order valence-electron chi connectivity index (χ4n) is 2.12. The lowest BCUT2D eigenvalue weighted by molar-refractivity contribution is 0.273. The number of allylic oxidation sites excluding steroid dienone is 1. The minimum absolute atomic E-state index is 0.201. The molecule has 0 aliphatic heterocycles. The van der Waals surface area contributed by atoms with Crippen molar-refractivity contribution in [3.05, 3.63) is 48.0 Å². The van der Waals surface area contributed by atoms with E-state index in [0.29, 0.717) is 0 Å². The van der Waals surface area contributed by atoms with Gasteiger partial charge in [0.15, 0.2) is 8.32 Å². The Morgan fingerprint density at radius 1 is 1.04 bits per heavy atom. The van der Waals surface area contributed by atoms with Crippen LogP contribution in [0.1, 0.15) is 32.8 Å². The van der Waals surface area contributed by atoms with Gasteiger partial charge in [-0.15, -0.1) is 11.5 Å². The molecule has 0 spiro atoms. The second kappa shape index (κ2) is 9.73. The lowest BCUT2D eigenvalue weighted by atomic mass is 10.1. The van der Waals surface area contributed by atoms with E-state index in [0.717, 1.165) is 19.4 Å². The van der Waals surface area contributed by atoms with E-state index in [1.807, 2.05) is 0 Å². The van der Waals surface area contributed by atoms with Gasteiger partial charge in [-0.1, -0.05) is 82.9 Å². The first-order valence-corrected chi connectivity index (χ1v) is 16.2. The van der Waals surface area contributed by atoms with Crippen molar-refractivity contribution in [1.82, 2.24) is 0 Å². The van der Waals surface area contributed by atoms with Crippen molar-refractivity contribution in [2.75, 3.05) is 6.61 Å². The van der Waals surface area contributed by atoms with Crippen molar-refractivity contribution < 1.29 is 4.43 Å². The van der Waals surface area contributed by atoms with Crippen LogP contribution in [0, 0.1) is 17.4 Å². The van der Waals surface area contributed by atoms with Crippen LogP contribution in [0.15, 0.2) is 42.5 Å². The van der Waals surface area contributed by atoms with Gasteiger partial charge in [0, 0.05) is 0 Å². The molecule has 0 heterocycles. The highest BCUT2D eigenvalue weighted by Gasteiger charge is 2.37. The summed E-state index contributed by atoms with van der Waals surface area (Å²) in [7, 11) is -3.10. The quantitative estimate of drug-likeness (QED) is 0.288. The third-order valence-electron chi connectivity index (χ3n) is 4.87. The zero-order valence-corrected chi connectivity index (χ0v) is 20.1. The second-order valence-corrected chi connectivity index (χ2v) is 19.2. The predicted molar refractivity (Wildman–Crippen MR) is 122 cm³/mol. The third kappa shape index (κ3) is 9.03. The van der Waals surface area contributed by atoms with Gasteiger partial charge in [-0.05, 0) is 36.5 Å². The maximum atomic E-state index is 6.44. The summed E-state index contributed by atoms with van der Waals surface area (Å²) in [6.07, 6.45) is 6.68. The number of hydrogen-bond acceptors (Lipinski definition) is 1. The highest BCUT2D eigenvalue weighted by Crippen LogP contribution is 2.36. The van der Waals surface area contributed by atoms with Crippen LogP contribution in [0.5, 0.6) is 0 Å². The summed E-state index contributed by atoms with van der Waals surface area (Å²) < 4.78 is 6.44. The van der Waals surface area contributed by atoms with Crippen LogP contribution in [-0.4, -0.2) is 23.0 Å². The molecule has 3 heteroatoms. The number of rotatable bonds is 7. The van der Waals surface area contributed by atoms with E-state index in [2.05, 4.69) is 107 Å². The van der Waals surface area contributed by atoms with Gasteiger partial charge < -0.3 is 4.43 Å². The van der Waals surface area contributed by atoms with E-state index in [1.54, 1.807) is 0 Å². The molecule has 0 N–H and O–H groups in total. The Morgan fingerprint density at radius 2 is 1.65 bits per heavy atom. The number of hydrogen-bond donors (Lipinski definition) is 0. The molecule has 0 aliphatic rings. The molecule has 1 rings (SSSR count). The fraction of sp³-hybridized carbons (Fsp3) is 0.565. The fourth-order valence-corrected chi connectivity index (χ4v) is 3.77. The van der Waals surface area contributed by atoms with Crippen molar-refractivity contribution >= 4 is 16.4 Å². The molecular weight excluding hydrogens is 348 g/mol. The Kier molecular flexibility index (Phi) is 8.59. The molecule has 1 atom stereocenters. The average molecular weight is 387 g/mol. The van der Waals surface area contributed by atoms with Gasteiger partial charge in [0.2, 0.25) is 0 Å². The van der Waals surface area contributed by atoms with E-state index in [9.17, 15) is 0 Å². The van der Waals surface area contributed by atoms with Gasteiger partial charge in [0.05, 0.1) is 12.5 Å². The monoisotopic (exact) mass is 386 g/mol. The molecule has 1 nitrogen and oxygen atoms in total. The molecule has 1 aromatic carbocycles. The van der Waals surface area contributed by atoms with Crippen molar-refractivity contribution in [3.63, 3.8) is 0 Å². The van der Waals surface area contributed by atoms with Crippen molar-refractivity contribution in [1.29, 1.82) is 0 Å². The van der Waals surface area contributed by atoms with Crippen LogP contribution in [0.3, 0.4) is 0 Å². The summed E-state index contributed by atoms with van der Waals surface area (Å²) in [6, 6.07) is 10.7. The smallest absolute Gasteiger partial charge is 0.192 e. The Bertz CT molecular complexity index is 622. The first-order chi connectivity index (χ1) is 11.9. The molecule has 0 saturated heterocycles. The van der Waals surface area contributed by atoms with Crippen molar-refractivity contribution in [3.8, 4) is 11.5 Å². The van der Waals surface area contributed by atoms with Gasteiger partial charge in [0.25, 0.3) is 0 Å². The maximum Gasteiger partial charge on any atom is 0.192 e. The summed E-state index contributed by atoms with van der Waals surface area (Å²) in [5.74, 6) is 3.71. The van der Waals surface area contributed by atoms with E-state index < -0.39 is 16.4 Å². The Morgan fingerprint density at radius 3 is 2.19 bits per heavy atom. The summed E-state index contributed by atoms with van der Waals surface area (Å²) in [6.45, 7) is 19.1.